The first-order valence-electron chi connectivity index (χ1n) is 6.30. The van der Waals surface area contributed by atoms with Gasteiger partial charge in [-0.15, -0.1) is 0 Å². The molecule has 1 fully saturated rings. The van der Waals surface area contributed by atoms with Gasteiger partial charge in [0.2, 0.25) is 0 Å². The van der Waals surface area contributed by atoms with E-state index in [0.29, 0.717) is 6.42 Å². The zero-order chi connectivity index (χ0) is 12.0. The Labute approximate surface area is 97.9 Å². The molecule has 2 unspecified atom stereocenters. The Morgan fingerprint density at radius 3 is 2.44 bits per heavy atom. The van der Waals surface area contributed by atoms with Crippen LogP contribution in [0.1, 0.15) is 51.9 Å². The predicted molar refractivity (Wildman–Crippen MR) is 62.9 cm³/mol. The predicted octanol–water partition coefficient (Wildman–Crippen LogP) is 2.63. The summed E-state index contributed by atoms with van der Waals surface area (Å²) in [6.07, 6.45) is 7.72. The molecular weight excluding hydrogens is 204 g/mol. The van der Waals surface area contributed by atoms with Crippen molar-refractivity contribution in [1.82, 2.24) is 0 Å². The summed E-state index contributed by atoms with van der Waals surface area (Å²) in [5, 5.41) is 18.1. The summed E-state index contributed by atoms with van der Waals surface area (Å²) in [5.41, 5.74) is 0. The van der Waals surface area contributed by atoms with Crippen molar-refractivity contribution in [2.75, 3.05) is 6.61 Å². The van der Waals surface area contributed by atoms with Gasteiger partial charge in [-0.1, -0.05) is 26.2 Å². The SMILES string of the molecule is CC(CC(CO)C[C]1CCCCC1)C(=O)O. The van der Waals surface area contributed by atoms with Crippen LogP contribution < -0.4 is 0 Å². The molecule has 1 saturated carbocycles. The van der Waals surface area contributed by atoms with Crippen LogP contribution in [0.15, 0.2) is 0 Å². The Balaban J connectivity index is 2.32. The van der Waals surface area contributed by atoms with Gasteiger partial charge in [-0.25, -0.2) is 0 Å². The number of carboxylic acid groups (broad SMARTS) is 1. The Bertz CT molecular complexity index is 209. The topological polar surface area (TPSA) is 57.5 Å². The van der Waals surface area contributed by atoms with Crippen molar-refractivity contribution in [3.05, 3.63) is 5.92 Å². The monoisotopic (exact) mass is 227 g/mol. The highest BCUT2D eigenvalue weighted by molar-refractivity contribution is 5.69. The second kappa shape index (κ2) is 6.89. The zero-order valence-corrected chi connectivity index (χ0v) is 10.1. The minimum Gasteiger partial charge on any atom is -0.481 e. The van der Waals surface area contributed by atoms with E-state index >= 15 is 0 Å². The summed E-state index contributed by atoms with van der Waals surface area (Å²) < 4.78 is 0. The lowest BCUT2D eigenvalue weighted by Gasteiger charge is -2.25. The van der Waals surface area contributed by atoms with Gasteiger partial charge in [0.25, 0.3) is 0 Å². The lowest BCUT2D eigenvalue weighted by molar-refractivity contribution is -0.141. The van der Waals surface area contributed by atoms with Crippen LogP contribution in [0.2, 0.25) is 0 Å². The summed E-state index contributed by atoms with van der Waals surface area (Å²) in [6.45, 7) is 1.83. The standard InChI is InChI=1S/C13H23O3/c1-10(13(15)16)7-12(9-14)8-11-5-3-2-4-6-11/h10,12,14H,2-9H2,1H3,(H,15,16). The fourth-order valence-corrected chi connectivity index (χ4v) is 2.49. The summed E-state index contributed by atoms with van der Waals surface area (Å²) >= 11 is 0. The Morgan fingerprint density at radius 2 is 1.94 bits per heavy atom. The molecule has 2 N–H and O–H groups in total. The number of rotatable bonds is 6. The highest BCUT2D eigenvalue weighted by Crippen LogP contribution is 2.32. The average Bonchev–Trinajstić information content (AvgIpc) is 2.29. The van der Waals surface area contributed by atoms with Crippen LogP contribution in [-0.2, 0) is 4.79 Å². The molecule has 3 nitrogen and oxygen atoms in total. The molecule has 2 atom stereocenters. The molecule has 0 aromatic carbocycles. The Hall–Kier alpha value is -0.570. The summed E-state index contributed by atoms with van der Waals surface area (Å²) in [4.78, 5) is 10.8. The molecule has 0 aromatic heterocycles. The molecule has 1 radical (unpaired) electrons. The van der Waals surface area contributed by atoms with E-state index in [1.807, 2.05) is 0 Å². The van der Waals surface area contributed by atoms with E-state index in [1.165, 1.54) is 38.0 Å². The van der Waals surface area contributed by atoms with E-state index in [1.54, 1.807) is 6.92 Å². The fraction of sp³-hybridized carbons (Fsp3) is 0.846. The first-order chi connectivity index (χ1) is 7.63. The first-order valence-corrected chi connectivity index (χ1v) is 6.30. The van der Waals surface area contributed by atoms with Gasteiger partial charge < -0.3 is 10.2 Å². The van der Waals surface area contributed by atoms with Gasteiger partial charge in [-0.3, -0.25) is 4.79 Å². The molecule has 0 saturated heterocycles. The van der Waals surface area contributed by atoms with Crippen LogP contribution >= 0.6 is 0 Å². The van der Waals surface area contributed by atoms with Crippen LogP contribution in [0.5, 0.6) is 0 Å². The maximum Gasteiger partial charge on any atom is 0.306 e. The molecule has 3 heteroatoms. The van der Waals surface area contributed by atoms with Crippen LogP contribution in [-0.4, -0.2) is 22.8 Å². The van der Waals surface area contributed by atoms with Gasteiger partial charge in [0.05, 0.1) is 5.92 Å². The van der Waals surface area contributed by atoms with E-state index in [4.69, 9.17) is 5.11 Å². The van der Waals surface area contributed by atoms with Crippen LogP contribution in [0, 0.1) is 17.8 Å². The fourth-order valence-electron chi connectivity index (χ4n) is 2.49. The molecule has 0 aliphatic heterocycles. The maximum absolute atomic E-state index is 10.8. The number of carbonyl (C=O) groups is 1. The Kier molecular flexibility index (Phi) is 5.81. The third kappa shape index (κ3) is 4.52. The van der Waals surface area contributed by atoms with Crippen molar-refractivity contribution < 1.29 is 15.0 Å². The van der Waals surface area contributed by atoms with Gasteiger partial charge in [0, 0.05) is 6.61 Å². The third-order valence-electron chi connectivity index (χ3n) is 3.50. The largest absolute Gasteiger partial charge is 0.481 e. The summed E-state index contributed by atoms with van der Waals surface area (Å²) in [7, 11) is 0. The van der Waals surface area contributed by atoms with Crippen molar-refractivity contribution in [2.24, 2.45) is 11.8 Å². The maximum atomic E-state index is 10.8. The number of hydrogen-bond acceptors (Lipinski definition) is 2. The highest BCUT2D eigenvalue weighted by Gasteiger charge is 2.22. The molecule has 0 aromatic rings. The second-order valence-electron chi connectivity index (χ2n) is 5.04. The lowest BCUT2D eigenvalue weighted by Crippen LogP contribution is -2.20. The molecule has 0 spiro atoms. The van der Waals surface area contributed by atoms with Gasteiger partial charge in [-0.2, -0.15) is 0 Å². The van der Waals surface area contributed by atoms with E-state index in [0.717, 1.165) is 6.42 Å². The minimum absolute atomic E-state index is 0.112. The van der Waals surface area contributed by atoms with Gasteiger partial charge in [0.1, 0.15) is 0 Å². The molecule has 0 bridgehead atoms. The van der Waals surface area contributed by atoms with Gasteiger partial charge >= 0.3 is 5.97 Å². The van der Waals surface area contributed by atoms with E-state index in [2.05, 4.69) is 0 Å². The number of aliphatic carboxylic acids is 1. The molecular formula is C13H23O3. The highest BCUT2D eigenvalue weighted by atomic mass is 16.4. The number of carboxylic acids is 1. The van der Waals surface area contributed by atoms with E-state index in [9.17, 15) is 9.90 Å². The minimum atomic E-state index is -0.757. The third-order valence-corrected chi connectivity index (χ3v) is 3.50. The number of hydrogen-bond donors (Lipinski definition) is 2. The van der Waals surface area contributed by atoms with Crippen molar-refractivity contribution >= 4 is 5.97 Å². The van der Waals surface area contributed by atoms with Crippen molar-refractivity contribution in [3.8, 4) is 0 Å². The zero-order valence-electron chi connectivity index (χ0n) is 10.1. The van der Waals surface area contributed by atoms with Crippen molar-refractivity contribution in [1.29, 1.82) is 0 Å². The van der Waals surface area contributed by atoms with Crippen molar-refractivity contribution in [2.45, 2.75) is 51.9 Å². The van der Waals surface area contributed by atoms with Gasteiger partial charge in [0.15, 0.2) is 0 Å². The van der Waals surface area contributed by atoms with Crippen LogP contribution in [0.25, 0.3) is 0 Å². The molecule has 0 heterocycles. The molecule has 93 valence electrons. The lowest BCUT2D eigenvalue weighted by atomic mass is 9.80. The van der Waals surface area contributed by atoms with Gasteiger partial charge in [-0.05, 0) is 37.5 Å². The second-order valence-corrected chi connectivity index (χ2v) is 5.04. The molecule has 1 aliphatic carbocycles. The quantitative estimate of drug-likeness (QED) is 0.733. The van der Waals surface area contributed by atoms with E-state index in [-0.39, 0.29) is 18.4 Å². The van der Waals surface area contributed by atoms with Crippen LogP contribution in [0.3, 0.4) is 0 Å². The smallest absolute Gasteiger partial charge is 0.306 e. The molecule has 16 heavy (non-hydrogen) atoms. The van der Waals surface area contributed by atoms with Crippen molar-refractivity contribution in [3.63, 3.8) is 0 Å². The molecule has 0 amide bonds. The molecule has 1 rings (SSSR count). The molecule has 1 aliphatic rings. The average molecular weight is 227 g/mol. The van der Waals surface area contributed by atoms with E-state index < -0.39 is 5.97 Å². The Morgan fingerprint density at radius 1 is 1.31 bits per heavy atom. The summed E-state index contributed by atoms with van der Waals surface area (Å²) in [5.74, 6) is 0.565. The summed E-state index contributed by atoms with van der Waals surface area (Å²) in [6, 6.07) is 0. The first kappa shape index (κ1) is 13.5. The number of aliphatic hydroxyl groups is 1. The normalized spacial score (nSPS) is 21.6. The van der Waals surface area contributed by atoms with Crippen LogP contribution in [0.4, 0.5) is 0 Å². The number of aliphatic hydroxyl groups excluding tert-OH is 1.